The van der Waals surface area contributed by atoms with Gasteiger partial charge in [0.25, 0.3) is 0 Å². The van der Waals surface area contributed by atoms with Crippen LogP contribution in [-0.2, 0) is 0 Å². The van der Waals surface area contributed by atoms with Crippen molar-refractivity contribution in [2.24, 2.45) is 0 Å². The van der Waals surface area contributed by atoms with E-state index < -0.39 is 0 Å². The fourth-order valence-corrected chi connectivity index (χ4v) is 3.16. The molecule has 2 heterocycles. The fraction of sp³-hybridized carbons (Fsp3) is 0.357. The van der Waals surface area contributed by atoms with Gasteiger partial charge in [0.15, 0.2) is 0 Å². The van der Waals surface area contributed by atoms with Crippen LogP contribution >= 0.6 is 11.3 Å². The fourth-order valence-electron chi connectivity index (χ4n) is 2.25. The second kappa shape index (κ2) is 4.71. The van der Waals surface area contributed by atoms with Crippen LogP contribution in [0.2, 0.25) is 0 Å². The Morgan fingerprint density at radius 1 is 1.39 bits per heavy atom. The summed E-state index contributed by atoms with van der Waals surface area (Å²) in [6, 6.07) is 8.07. The third kappa shape index (κ3) is 2.13. The number of rotatable bonds is 3. The lowest BCUT2D eigenvalue weighted by molar-refractivity contribution is 0.189. The highest BCUT2D eigenvalue weighted by molar-refractivity contribution is 7.10. The zero-order valence-electron chi connectivity index (χ0n) is 10.6. The molecule has 0 bridgehead atoms. The third-order valence-corrected chi connectivity index (χ3v) is 4.31. The van der Waals surface area contributed by atoms with E-state index in [1.807, 2.05) is 18.2 Å². The Kier molecular flexibility index (Phi) is 3.06. The summed E-state index contributed by atoms with van der Waals surface area (Å²) in [7, 11) is 3.84. The summed E-state index contributed by atoms with van der Waals surface area (Å²) in [4.78, 5) is 7.07. The maximum atomic E-state index is 5.25. The summed E-state index contributed by atoms with van der Waals surface area (Å²) in [5.74, 6) is 1.50. The molecule has 0 spiro atoms. The van der Waals surface area contributed by atoms with Crippen molar-refractivity contribution in [3.05, 3.63) is 34.7 Å². The predicted octanol–water partition coefficient (Wildman–Crippen LogP) is 2.85. The second-order valence-corrected chi connectivity index (χ2v) is 5.61. The smallest absolute Gasteiger partial charge is 0.119 e. The van der Waals surface area contributed by atoms with E-state index in [1.54, 1.807) is 18.4 Å². The van der Waals surface area contributed by atoms with Crippen LogP contribution in [0.1, 0.15) is 10.9 Å². The van der Waals surface area contributed by atoms with E-state index in [9.17, 15) is 0 Å². The topological polar surface area (TPSA) is 25.4 Å². The minimum Gasteiger partial charge on any atom is -0.497 e. The molecule has 1 aliphatic heterocycles. The van der Waals surface area contributed by atoms with Gasteiger partial charge >= 0.3 is 0 Å². The molecule has 1 aromatic heterocycles. The van der Waals surface area contributed by atoms with Crippen molar-refractivity contribution in [3.63, 3.8) is 0 Å². The van der Waals surface area contributed by atoms with E-state index in [2.05, 4.69) is 23.4 Å². The highest BCUT2D eigenvalue weighted by atomic mass is 32.1. The van der Waals surface area contributed by atoms with Gasteiger partial charge in [0.05, 0.1) is 17.8 Å². The van der Waals surface area contributed by atoms with Crippen molar-refractivity contribution >= 4 is 11.3 Å². The van der Waals surface area contributed by atoms with E-state index in [4.69, 9.17) is 9.72 Å². The number of benzene rings is 1. The van der Waals surface area contributed by atoms with Gasteiger partial charge in [-0.2, -0.15) is 0 Å². The summed E-state index contributed by atoms with van der Waals surface area (Å²) >= 11 is 1.77. The van der Waals surface area contributed by atoms with Crippen LogP contribution in [0.25, 0.3) is 11.3 Å². The van der Waals surface area contributed by atoms with Crippen LogP contribution in [-0.4, -0.2) is 37.1 Å². The molecule has 0 unspecified atom stereocenters. The number of thiazole rings is 1. The molecule has 1 aromatic carbocycles. The van der Waals surface area contributed by atoms with E-state index in [-0.39, 0.29) is 0 Å². The standard InChI is InChI=1S/C14H16N2OS/c1-16-7-11(8-16)14-15-13(9-18-14)10-4-3-5-12(6-10)17-2/h3-6,9,11H,7-8H2,1-2H3. The number of likely N-dealkylation sites (N-methyl/N-ethyl adjacent to an activating group) is 1. The van der Waals surface area contributed by atoms with Gasteiger partial charge in [-0.1, -0.05) is 12.1 Å². The molecule has 0 aliphatic carbocycles. The normalized spacial score (nSPS) is 16.6. The van der Waals surface area contributed by atoms with Gasteiger partial charge < -0.3 is 9.64 Å². The van der Waals surface area contributed by atoms with Crippen molar-refractivity contribution < 1.29 is 4.74 Å². The molecular weight excluding hydrogens is 244 g/mol. The first-order valence-corrected chi connectivity index (χ1v) is 6.92. The first-order chi connectivity index (χ1) is 8.76. The average Bonchev–Trinajstić information content (AvgIpc) is 2.84. The summed E-state index contributed by atoms with van der Waals surface area (Å²) in [6.45, 7) is 2.26. The maximum Gasteiger partial charge on any atom is 0.119 e. The van der Waals surface area contributed by atoms with E-state index in [0.717, 1.165) is 30.1 Å². The Morgan fingerprint density at radius 3 is 2.94 bits per heavy atom. The molecule has 1 aliphatic rings. The lowest BCUT2D eigenvalue weighted by Gasteiger charge is -2.34. The van der Waals surface area contributed by atoms with Crippen molar-refractivity contribution in [1.29, 1.82) is 0 Å². The van der Waals surface area contributed by atoms with Gasteiger partial charge in [-0.15, -0.1) is 11.3 Å². The molecular formula is C14H16N2OS. The Balaban J connectivity index is 1.83. The SMILES string of the molecule is COc1cccc(-c2csc(C3CN(C)C3)n2)c1. The van der Waals surface area contributed by atoms with E-state index in [1.165, 1.54) is 5.01 Å². The Bertz CT molecular complexity index is 546. The molecule has 18 heavy (non-hydrogen) atoms. The molecule has 94 valence electrons. The van der Waals surface area contributed by atoms with Crippen molar-refractivity contribution in [3.8, 4) is 17.0 Å². The van der Waals surface area contributed by atoms with Crippen LogP contribution in [0.3, 0.4) is 0 Å². The molecule has 3 nitrogen and oxygen atoms in total. The largest absolute Gasteiger partial charge is 0.497 e. The number of hydrogen-bond donors (Lipinski definition) is 0. The summed E-state index contributed by atoms with van der Waals surface area (Å²) in [5.41, 5.74) is 2.19. The number of methoxy groups -OCH3 is 1. The molecule has 1 fully saturated rings. The molecule has 3 rings (SSSR count). The van der Waals surface area contributed by atoms with Gasteiger partial charge in [0.1, 0.15) is 5.75 Å². The second-order valence-electron chi connectivity index (χ2n) is 4.72. The number of nitrogens with zero attached hydrogens (tertiary/aromatic N) is 2. The molecule has 2 aromatic rings. The zero-order valence-corrected chi connectivity index (χ0v) is 11.4. The number of ether oxygens (including phenoxy) is 1. The summed E-state index contributed by atoms with van der Waals surface area (Å²) in [6.07, 6.45) is 0. The Morgan fingerprint density at radius 2 is 2.22 bits per heavy atom. The minimum atomic E-state index is 0.624. The lowest BCUT2D eigenvalue weighted by Crippen LogP contribution is -2.41. The number of aromatic nitrogens is 1. The first-order valence-electron chi connectivity index (χ1n) is 6.04. The van der Waals surface area contributed by atoms with Crippen molar-refractivity contribution in [2.75, 3.05) is 27.2 Å². The molecule has 1 saturated heterocycles. The molecule has 0 amide bonds. The quantitative estimate of drug-likeness (QED) is 0.848. The summed E-state index contributed by atoms with van der Waals surface area (Å²) < 4.78 is 5.25. The minimum absolute atomic E-state index is 0.624. The van der Waals surface area contributed by atoms with E-state index in [0.29, 0.717) is 5.92 Å². The highest BCUT2D eigenvalue weighted by Gasteiger charge is 2.27. The number of hydrogen-bond acceptors (Lipinski definition) is 4. The molecule has 0 N–H and O–H groups in total. The monoisotopic (exact) mass is 260 g/mol. The van der Waals surface area contributed by atoms with Gasteiger partial charge in [0.2, 0.25) is 0 Å². The Labute approximate surface area is 111 Å². The molecule has 0 atom stereocenters. The summed E-state index contributed by atoms with van der Waals surface area (Å²) in [5, 5.41) is 3.40. The lowest BCUT2D eigenvalue weighted by atomic mass is 10.0. The van der Waals surface area contributed by atoms with E-state index >= 15 is 0 Å². The van der Waals surface area contributed by atoms with Gasteiger partial charge in [0, 0.05) is 30.0 Å². The van der Waals surface area contributed by atoms with Gasteiger partial charge in [-0.25, -0.2) is 4.98 Å². The predicted molar refractivity (Wildman–Crippen MR) is 74.3 cm³/mol. The van der Waals surface area contributed by atoms with Gasteiger partial charge in [-0.05, 0) is 19.2 Å². The van der Waals surface area contributed by atoms with Crippen molar-refractivity contribution in [1.82, 2.24) is 9.88 Å². The number of likely N-dealkylation sites (tertiary alicyclic amines) is 1. The highest BCUT2D eigenvalue weighted by Crippen LogP contribution is 2.32. The van der Waals surface area contributed by atoms with Gasteiger partial charge in [-0.3, -0.25) is 0 Å². The van der Waals surface area contributed by atoms with Crippen LogP contribution in [0, 0.1) is 0 Å². The molecule has 0 radical (unpaired) electrons. The van der Waals surface area contributed by atoms with Crippen LogP contribution in [0.4, 0.5) is 0 Å². The zero-order chi connectivity index (χ0) is 12.5. The molecule has 4 heteroatoms. The third-order valence-electron chi connectivity index (χ3n) is 3.30. The Hall–Kier alpha value is -1.39. The van der Waals surface area contributed by atoms with Crippen LogP contribution in [0.15, 0.2) is 29.6 Å². The van der Waals surface area contributed by atoms with Crippen LogP contribution < -0.4 is 4.74 Å². The maximum absolute atomic E-state index is 5.25. The van der Waals surface area contributed by atoms with Crippen molar-refractivity contribution in [2.45, 2.75) is 5.92 Å². The van der Waals surface area contributed by atoms with Crippen LogP contribution in [0.5, 0.6) is 5.75 Å². The molecule has 0 saturated carbocycles. The first kappa shape index (κ1) is 11.7. The average molecular weight is 260 g/mol.